The molecule has 23 heavy (non-hydrogen) atoms. The Morgan fingerprint density at radius 3 is 2.74 bits per heavy atom. The molecule has 2 aromatic rings. The maximum absolute atomic E-state index is 12.4. The number of benzene rings is 1. The first-order chi connectivity index (χ1) is 11.1. The van der Waals surface area contributed by atoms with Gasteiger partial charge in [0.2, 0.25) is 0 Å². The van der Waals surface area contributed by atoms with Gasteiger partial charge in [-0.3, -0.25) is 14.9 Å². The topological polar surface area (TPSA) is 90.1 Å². The Morgan fingerprint density at radius 2 is 2.09 bits per heavy atom. The normalized spacial score (nSPS) is 14.8. The molecule has 0 atom stereocenters. The largest absolute Gasteiger partial charge is 0.307 e. The van der Waals surface area contributed by atoms with Crippen LogP contribution in [0.3, 0.4) is 0 Å². The van der Waals surface area contributed by atoms with E-state index in [9.17, 15) is 14.9 Å². The Labute approximate surface area is 137 Å². The van der Waals surface area contributed by atoms with Crippen LogP contribution in [0.4, 0.5) is 11.5 Å². The van der Waals surface area contributed by atoms with Gasteiger partial charge in [0.15, 0.2) is 0 Å². The van der Waals surface area contributed by atoms with Crippen molar-refractivity contribution in [3.05, 3.63) is 51.2 Å². The van der Waals surface area contributed by atoms with Crippen molar-refractivity contribution in [2.45, 2.75) is 31.7 Å². The average molecular weight is 335 g/mol. The molecule has 1 aromatic heterocycles. The van der Waals surface area contributed by atoms with Crippen LogP contribution < -0.4 is 5.32 Å². The smallest absolute Gasteiger partial charge is 0.270 e. The molecule has 1 heterocycles. The van der Waals surface area contributed by atoms with E-state index >= 15 is 0 Å². The van der Waals surface area contributed by atoms with E-state index in [0.29, 0.717) is 11.9 Å². The second-order valence-electron chi connectivity index (χ2n) is 5.47. The number of hydrogen-bond donors (Lipinski definition) is 1. The number of nitro groups is 1. The molecule has 1 fully saturated rings. The molecule has 7 nitrogen and oxygen atoms in total. The van der Waals surface area contributed by atoms with E-state index in [1.54, 1.807) is 12.3 Å². The van der Waals surface area contributed by atoms with E-state index < -0.39 is 10.8 Å². The highest BCUT2D eigenvalue weighted by atomic mass is 35.5. The first-order valence-electron chi connectivity index (χ1n) is 7.35. The van der Waals surface area contributed by atoms with Crippen molar-refractivity contribution in [1.29, 1.82) is 0 Å². The number of anilines is 1. The number of nitrogens with one attached hydrogen (secondary N) is 1. The summed E-state index contributed by atoms with van der Waals surface area (Å²) in [5.74, 6) is 0.195. The lowest BCUT2D eigenvalue weighted by atomic mass is 10.2. The van der Waals surface area contributed by atoms with Crippen LogP contribution in [0.5, 0.6) is 0 Å². The van der Waals surface area contributed by atoms with Crippen LogP contribution in [0.15, 0.2) is 30.5 Å². The third-order valence-corrected chi connectivity index (χ3v) is 4.30. The number of hydrogen-bond acceptors (Lipinski definition) is 4. The van der Waals surface area contributed by atoms with Crippen LogP contribution in [-0.4, -0.2) is 20.6 Å². The number of non-ortho nitro benzene ring substituents is 1. The molecular weight excluding hydrogens is 320 g/mol. The summed E-state index contributed by atoms with van der Waals surface area (Å²) in [4.78, 5) is 22.5. The third kappa shape index (κ3) is 3.19. The minimum atomic E-state index is -0.553. The number of carbonyl (C=O) groups excluding carboxylic acids is 1. The average Bonchev–Trinajstić information content (AvgIpc) is 3.17. The number of nitrogens with zero attached hydrogens (tertiary/aromatic N) is 3. The van der Waals surface area contributed by atoms with Crippen molar-refractivity contribution in [2.24, 2.45) is 0 Å². The number of halogens is 1. The molecule has 3 rings (SSSR count). The van der Waals surface area contributed by atoms with Gasteiger partial charge in [-0.25, -0.2) is 4.68 Å². The van der Waals surface area contributed by atoms with Crippen molar-refractivity contribution in [3.8, 4) is 0 Å². The molecule has 1 aliphatic rings. The maximum atomic E-state index is 12.4. The van der Waals surface area contributed by atoms with Gasteiger partial charge >= 0.3 is 0 Å². The fourth-order valence-corrected chi connectivity index (χ4v) is 3.10. The van der Waals surface area contributed by atoms with Gasteiger partial charge in [-0.1, -0.05) is 24.4 Å². The van der Waals surface area contributed by atoms with E-state index in [-0.39, 0.29) is 16.3 Å². The van der Waals surface area contributed by atoms with Crippen molar-refractivity contribution in [3.63, 3.8) is 0 Å². The van der Waals surface area contributed by atoms with Crippen molar-refractivity contribution < 1.29 is 9.72 Å². The Balaban J connectivity index is 1.80. The molecular formula is C15H15ClN4O3. The first-order valence-corrected chi connectivity index (χ1v) is 7.73. The zero-order valence-electron chi connectivity index (χ0n) is 12.2. The summed E-state index contributed by atoms with van der Waals surface area (Å²) in [6.45, 7) is 0. The monoisotopic (exact) mass is 334 g/mol. The van der Waals surface area contributed by atoms with Gasteiger partial charge in [0.1, 0.15) is 5.82 Å². The molecule has 0 unspecified atom stereocenters. The molecule has 0 bridgehead atoms. The Kier molecular flexibility index (Phi) is 4.29. The third-order valence-electron chi connectivity index (χ3n) is 3.99. The summed E-state index contributed by atoms with van der Waals surface area (Å²) in [7, 11) is 0. The number of rotatable bonds is 4. The zero-order chi connectivity index (χ0) is 16.4. The summed E-state index contributed by atoms with van der Waals surface area (Å²) in [5, 5.41) is 17.8. The van der Waals surface area contributed by atoms with E-state index in [1.165, 1.54) is 18.2 Å². The molecule has 1 N–H and O–H groups in total. The van der Waals surface area contributed by atoms with E-state index in [1.807, 2.05) is 4.68 Å². The van der Waals surface area contributed by atoms with E-state index in [4.69, 9.17) is 11.6 Å². The Morgan fingerprint density at radius 1 is 1.35 bits per heavy atom. The Bertz CT molecular complexity index is 753. The standard InChI is InChI=1S/C15H15ClN4O3/c16-13-9-11(20(22)23)5-6-12(13)15(21)18-14-7-8-17-19(14)10-3-1-2-4-10/h5-10H,1-4H2,(H,18,21). The van der Waals surface area contributed by atoms with Crippen LogP contribution in [0.1, 0.15) is 42.1 Å². The van der Waals surface area contributed by atoms with E-state index in [0.717, 1.165) is 25.7 Å². The van der Waals surface area contributed by atoms with E-state index in [2.05, 4.69) is 10.4 Å². The lowest BCUT2D eigenvalue weighted by Gasteiger charge is -2.14. The van der Waals surface area contributed by atoms with Gasteiger partial charge in [-0.05, 0) is 18.9 Å². The van der Waals surface area contributed by atoms with Crippen LogP contribution >= 0.6 is 11.6 Å². The fourth-order valence-electron chi connectivity index (χ4n) is 2.84. The lowest BCUT2D eigenvalue weighted by molar-refractivity contribution is -0.384. The second-order valence-corrected chi connectivity index (χ2v) is 5.88. The summed E-state index contributed by atoms with van der Waals surface area (Å²) >= 11 is 5.99. The summed E-state index contributed by atoms with van der Waals surface area (Å²) in [5.41, 5.74) is 0.0407. The molecule has 0 saturated heterocycles. The molecule has 8 heteroatoms. The molecule has 1 aromatic carbocycles. The number of amides is 1. The van der Waals surface area contributed by atoms with Crippen molar-refractivity contribution in [2.75, 3.05) is 5.32 Å². The van der Waals surface area contributed by atoms with Gasteiger partial charge in [-0.15, -0.1) is 0 Å². The summed E-state index contributed by atoms with van der Waals surface area (Å²) in [6.07, 6.45) is 6.05. The predicted octanol–water partition coefficient (Wildman–Crippen LogP) is 3.81. The van der Waals surface area contributed by atoms with Crippen molar-refractivity contribution >= 4 is 29.0 Å². The molecule has 1 aliphatic carbocycles. The van der Waals surface area contributed by atoms with Gasteiger partial charge in [0.25, 0.3) is 11.6 Å². The lowest BCUT2D eigenvalue weighted by Crippen LogP contribution is -2.18. The molecule has 0 aliphatic heterocycles. The summed E-state index contributed by atoms with van der Waals surface area (Å²) in [6, 6.07) is 5.81. The molecule has 1 amide bonds. The zero-order valence-corrected chi connectivity index (χ0v) is 13.0. The van der Waals surface area contributed by atoms with Crippen LogP contribution in [0.2, 0.25) is 5.02 Å². The highest BCUT2D eigenvalue weighted by Crippen LogP contribution is 2.31. The predicted molar refractivity (Wildman–Crippen MR) is 85.8 cm³/mol. The van der Waals surface area contributed by atoms with Crippen molar-refractivity contribution in [1.82, 2.24) is 9.78 Å². The number of carbonyl (C=O) groups is 1. The maximum Gasteiger partial charge on any atom is 0.270 e. The first kappa shape index (κ1) is 15.5. The SMILES string of the molecule is O=C(Nc1ccnn1C1CCCC1)c1ccc([N+](=O)[O-])cc1Cl. The van der Waals surface area contributed by atoms with Gasteiger partial charge in [-0.2, -0.15) is 5.10 Å². The quantitative estimate of drug-likeness (QED) is 0.680. The summed E-state index contributed by atoms with van der Waals surface area (Å²) < 4.78 is 1.82. The minimum Gasteiger partial charge on any atom is -0.307 e. The van der Waals surface area contributed by atoms with Gasteiger partial charge in [0, 0.05) is 18.2 Å². The molecule has 120 valence electrons. The molecule has 0 spiro atoms. The molecule has 1 saturated carbocycles. The van der Waals surface area contributed by atoms with Gasteiger partial charge in [0.05, 0.1) is 27.7 Å². The minimum absolute atomic E-state index is 0.0450. The highest BCUT2D eigenvalue weighted by molar-refractivity contribution is 6.34. The molecule has 0 radical (unpaired) electrons. The Hall–Kier alpha value is -2.41. The highest BCUT2D eigenvalue weighted by Gasteiger charge is 2.21. The number of nitro benzene ring substituents is 1. The van der Waals surface area contributed by atoms with Crippen LogP contribution in [-0.2, 0) is 0 Å². The van der Waals surface area contributed by atoms with Gasteiger partial charge < -0.3 is 5.32 Å². The second kappa shape index (κ2) is 6.37. The van der Waals surface area contributed by atoms with Crippen LogP contribution in [0, 0.1) is 10.1 Å². The van der Waals surface area contributed by atoms with Crippen LogP contribution in [0.25, 0.3) is 0 Å². The number of aromatic nitrogens is 2. The fraction of sp³-hybridized carbons (Fsp3) is 0.333.